The van der Waals surface area contributed by atoms with E-state index in [0.29, 0.717) is 11.5 Å². The molecule has 1 N–H and O–H groups in total. The maximum Gasteiger partial charge on any atom is 0.417 e. The Morgan fingerprint density at radius 1 is 1.10 bits per heavy atom. The fourth-order valence-corrected chi connectivity index (χ4v) is 2.29. The molecule has 0 saturated heterocycles. The number of imidazole rings is 1. The van der Waals surface area contributed by atoms with Gasteiger partial charge in [0.15, 0.2) is 5.82 Å². The van der Waals surface area contributed by atoms with Gasteiger partial charge < -0.3 is 4.98 Å². The highest BCUT2D eigenvalue weighted by molar-refractivity contribution is 5.82. The summed E-state index contributed by atoms with van der Waals surface area (Å²) in [5, 5.41) is 0. The van der Waals surface area contributed by atoms with E-state index in [1.165, 1.54) is 6.07 Å². The van der Waals surface area contributed by atoms with Gasteiger partial charge in [0.25, 0.3) is 0 Å². The average Bonchev–Trinajstić information content (AvgIpc) is 2.82. The minimum absolute atomic E-state index is 0.385. The van der Waals surface area contributed by atoms with Gasteiger partial charge in [-0.25, -0.2) is 4.98 Å². The van der Waals surface area contributed by atoms with Gasteiger partial charge in [-0.1, -0.05) is 6.07 Å². The monoisotopic (exact) mass is 291 g/mol. The van der Waals surface area contributed by atoms with E-state index in [2.05, 4.69) is 15.0 Å². The van der Waals surface area contributed by atoms with Crippen molar-refractivity contribution in [1.82, 2.24) is 15.0 Å². The van der Waals surface area contributed by atoms with Crippen LogP contribution in [0.15, 0.2) is 30.5 Å². The zero-order valence-corrected chi connectivity index (χ0v) is 11.4. The third-order valence-corrected chi connectivity index (χ3v) is 3.25. The minimum atomic E-state index is -4.38. The Morgan fingerprint density at radius 2 is 1.86 bits per heavy atom. The van der Waals surface area contributed by atoms with Gasteiger partial charge in [-0.2, -0.15) is 13.2 Å². The van der Waals surface area contributed by atoms with E-state index in [0.717, 1.165) is 34.4 Å². The van der Waals surface area contributed by atoms with Crippen molar-refractivity contribution in [2.24, 2.45) is 0 Å². The van der Waals surface area contributed by atoms with Gasteiger partial charge in [-0.05, 0) is 43.2 Å². The number of nitrogens with one attached hydrogen (secondary N) is 1. The highest BCUT2D eigenvalue weighted by Gasteiger charge is 2.30. The van der Waals surface area contributed by atoms with Gasteiger partial charge in [-0.3, -0.25) is 4.98 Å². The lowest BCUT2D eigenvalue weighted by atomic mass is 10.1. The smallest absolute Gasteiger partial charge is 0.337 e. The largest absolute Gasteiger partial charge is 0.417 e. The number of hydrogen-bond donors (Lipinski definition) is 1. The van der Waals surface area contributed by atoms with Gasteiger partial charge in [0.2, 0.25) is 0 Å². The molecule has 0 bridgehead atoms. The predicted octanol–water partition coefficient (Wildman–Crippen LogP) is 4.26. The molecule has 0 aliphatic heterocycles. The highest BCUT2D eigenvalue weighted by Crippen LogP contribution is 2.30. The molecule has 0 saturated carbocycles. The Balaban J connectivity index is 2.06. The van der Waals surface area contributed by atoms with Crippen LogP contribution in [-0.2, 0) is 6.18 Å². The number of fused-ring (bicyclic) bond motifs is 1. The summed E-state index contributed by atoms with van der Waals surface area (Å²) in [6.07, 6.45) is -3.56. The number of hydrogen-bond acceptors (Lipinski definition) is 2. The number of alkyl halides is 3. The van der Waals surface area contributed by atoms with Crippen molar-refractivity contribution < 1.29 is 13.2 Å². The van der Waals surface area contributed by atoms with Crippen LogP contribution in [0.5, 0.6) is 0 Å². The summed E-state index contributed by atoms with van der Waals surface area (Å²) in [6, 6.07) is 6.28. The number of benzene rings is 1. The summed E-state index contributed by atoms with van der Waals surface area (Å²) in [5.74, 6) is 0.465. The molecule has 2 heterocycles. The molecule has 3 rings (SSSR count). The zero-order valence-electron chi connectivity index (χ0n) is 11.4. The van der Waals surface area contributed by atoms with Crippen molar-refractivity contribution in [1.29, 1.82) is 0 Å². The van der Waals surface area contributed by atoms with E-state index in [1.807, 2.05) is 26.0 Å². The van der Waals surface area contributed by atoms with Gasteiger partial charge in [0, 0.05) is 6.20 Å². The lowest BCUT2D eigenvalue weighted by Gasteiger charge is -2.05. The summed E-state index contributed by atoms with van der Waals surface area (Å²) in [4.78, 5) is 11.4. The molecule has 3 aromatic rings. The molecule has 0 aliphatic carbocycles. The SMILES string of the molecule is Cc1cc(C)c2nc(-c3ccc(C(F)(F)F)cn3)[nH]c2c1. The molecule has 3 nitrogen and oxygen atoms in total. The van der Waals surface area contributed by atoms with E-state index in [9.17, 15) is 13.2 Å². The quantitative estimate of drug-likeness (QED) is 0.727. The van der Waals surface area contributed by atoms with E-state index in [4.69, 9.17) is 0 Å². The van der Waals surface area contributed by atoms with Crippen LogP contribution in [0.2, 0.25) is 0 Å². The number of pyridine rings is 1. The molecule has 6 heteroatoms. The van der Waals surface area contributed by atoms with Crippen molar-refractivity contribution >= 4 is 11.0 Å². The first-order valence-corrected chi connectivity index (χ1v) is 6.35. The van der Waals surface area contributed by atoms with Crippen LogP contribution in [0.25, 0.3) is 22.6 Å². The standard InChI is InChI=1S/C15H12F3N3/c1-8-5-9(2)13-12(6-8)20-14(21-13)11-4-3-10(7-19-11)15(16,17)18/h3-7H,1-2H3,(H,20,21). The molecule has 1 aromatic carbocycles. The highest BCUT2D eigenvalue weighted by atomic mass is 19.4. The molecule has 2 aromatic heterocycles. The van der Waals surface area contributed by atoms with Crippen LogP contribution in [-0.4, -0.2) is 15.0 Å². The Morgan fingerprint density at radius 3 is 2.48 bits per heavy atom. The van der Waals surface area contributed by atoms with E-state index in [1.54, 1.807) is 0 Å². The number of aromatic amines is 1. The second kappa shape index (κ2) is 4.58. The van der Waals surface area contributed by atoms with E-state index >= 15 is 0 Å². The van der Waals surface area contributed by atoms with Crippen molar-refractivity contribution in [3.8, 4) is 11.5 Å². The molecule has 0 spiro atoms. The molecule has 0 amide bonds. The zero-order chi connectivity index (χ0) is 15.2. The minimum Gasteiger partial charge on any atom is -0.337 e. The Labute approximate surface area is 118 Å². The third-order valence-electron chi connectivity index (χ3n) is 3.25. The van der Waals surface area contributed by atoms with Crippen molar-refractivity contribution in [3.63, 3.8) is 0 Å². The molecular formula is C15H12F3N3. The summed E-state index contributed by atoms with van der Waals surface area (Å²) < 4.78 is 37.6. The summed E-state index contributed by atoms with van der Waals surface area (Å²) in [6.45, 7) is 3.92. The van der Waals surface area contributed by atoms with Gasteiger partial charge in [-0.15, -0.1) is 0 Å². The van der Waals surface area contributed by atoms with Gasteiger partial charge >= 0.3 is 6.18 Å². The summed E-state index contributed by atoms with van der Waals surface area (Å²) >= 11 is 0. The maximum absolute atomic E-state index is 12.5. The fraction of sp³-hybridized carbons (Fsp3) is 0.200. The second-order valence-corrected chi connectivity index (χ2v) is 4.99. The Kier molecular flexibility index (Phi) is 2.97. The first kappa shape index (κ1) is 13.6. The van der Waals surface area contributed by atoms with Crippen LogP contribution in [0.3, 0.4) is 0 Å². The maximum atomic E-state index is 12.5. The number of aryl methyl sites for hydroxylation is 2. The second-order valence-electron chi connectivity index (χ2n) is 4.99. The fourth-order valence-electron chi connectivity index (χ4n) is 2.29. The summed E-state index contributed by atoms with van der Waals surface area (Å²) in [7, 11) is 0. The molecular weight excluding hydrogens is 279 g/mol. The lowest BCUT2D eigenvalue weighted by Crippen LogP contribution is -2.05. The van der Waals surface area contributed by atoms with Crippen LogP contribution in [0.1, 0.15) is 16.7 Å². The van der Waals surface area contributed by atoms with Crippen molar-refractivity contribution in [2.75, 3.05) is 0 Å². The predicted molar refractivity (Wildman–Crippen MR) is 73.8 cm³/mol. The molecule has 108 valence electrons. The Hall–Kier alpha value is -2.37. The van der Waals surface area contributed by atoms with Gasteiger partial charge in [0.1, 0.15) is 5.69 Å². The molecule has 0 radical (unpaired) electrons. The number of nitrogens with zero attached hydrogens (tertiary/aromatic N) is 2. The van der Waals surface area contributed by atoms with Crippen LogP contribution < -0.4 is 0 Å². The van der Waals surface area contributed by atoms with E-state index < -0.39 is 11.7 Å². The number of rotatable bonds is 1. The molecule has 0 fully saturated rings. The molecule has 21 heavy (non-hydrogen) atoms. The van der Waals surface area contributed by atoms with Gasteiger partial charge in [0.05, 0.1) is 16.6 Å². The molecule has 0 atom stereocenters. The van der Waals surface area contributed by atoms with Crippen LogP contribution in [0, 0.1) is 13.8 Å². The van der Waals surface area contributed by atoms with Crippen molar-refractivity contribution in [2.45, 2.75) is 20.0 Å². The summed E-state index contributed by atoms with van der Waals surface area (Å²) in [5.41, 5.74) is 3.38. The number of aromatic nitrogens is 3. The normalized spacial score (nSPS) is 12.0. The van der Waals surface area contributed by atoms with Crippen molar-refractivity contribution in [3.05, 3.63) is 47.2 Å². The molecule has 0 aliphatic rings. The molecule has 0 unspecified atom stereocenters. The first-order chi connectivity index (χ1) is 9.84. The third kappa shape index (κ3) is 2.49. The lowest BCUT2D eigenvalue weighted by molar-refractivity contribution is -0.137. The number of halogens is 3. The van der Waals surface area contributed by atoms with Crippen LogP contribution in [0.4, 0.5) is 13.2 Å². The first-order valence-electron chi connectivity index (χ1n) is 6.35. The average molecular weight is 291 g/mol. The number of H-pyrrole nitrogens is 1. The van der Waals surface area contributed by atoms with E-state index in [-0.39, 0.29) is 0 Å². The topological polar surface area (TPSA) is 41.6 Å². The van der Waals surface area contributed by atoms with Crippen LogP contribution >= 0.6 is 0 Å². The Bertz CT molecular complexity index is 801.